The highest BCUT2D eigenvalue weighted by Crippen LogP contribution is 2.18. The molecule has 0 saturated carbocycles. The van der Waals surface area contributed by atoms with Gasteiger partial charge < -0.3 is 15.4 Å². The van der Waals surface area contributed by atoms with Crippen molar-refractivity contribution in [3.05, 3.63) is 35.4 Å². The van der Waals surface area contributed by atoms with Gasteiger partial charge in [0.25, 0.3) is 0 Å². The molecule has 23 heavy (non-hydrogen) atoms. The Morgan fingerprint density at radius 2 is 1.96 bits per heavy atom. The molecule has 2 heterocycles. The Labute approximate surface area is 138 Å². The average molecular weight is 317 g/mol. The molecule has 0 aliphatic carbocycles. The van der Waals surface area contributed by atoms with Gasteiger partial charge in [-0.25, -0.2) is 0 Å². The molecular formula is C18H27N3O2. The molecule has 0 aromatic heterocycles. The van der Waals surface area contributed by atoms with Gasteiger partial charge in [-0.15, -0.1) is 0 Å². The molecule has 0 radical (unpaired) electrons. The second-order valence-electron chi connectivity index (χ2n) is 6.74. The maximum atomic E-state index is 12.6. The van der Waals surface area contributed by atoms with Gasteiger partial charge in [-0.05, 0) is 24.8 Å². The highest BCUT2D eigenvalue weighted by molar-refractivity contribution is 5.83. The summed E-state index contributed by atoms with van der Waals surface area (Å²) in [4.78, 5) is 17.0. The van der Waals surface area contributed by atoms with Gasteiger partial charge in [0, 0.05) is 39.3 Å². The van der Waals surface area contributed by atoms with Crippen LogP contribution in [0.25, 0.3) is 0 Å². The van der Waals surface area contributed by atoms with Gasteiger partial charge in [-0.1, -0.05) is 29.8 Å². The first-order valence-corrected chi connectivity index (χ1v) is 8.54. The zero-order valence-corrected chi connectivity index (χ0v) is 13.9. The third-order valence-corrected chi connectivity index (χ3v) is 4.93. The van der Waals surface area contributed by atoms with Crippen LogP contribution < -0.4 is 5.73 Å². The van der Waals surface area contributed by atoms with Crippen LogP contribution in [0.15, 0.2) is 24.3 Å². The first-order chi connectivity index (χ1) is 11.1. The Kier molecular flexibility index (Phi) is 5.30. The van der Waals surface area contributed by atoms with Gasteiger partial charge in [-0.3, -0.25) is 9.69 Å². The first kappa shape index (κ1) is 16.4. The number of nitrogens with two attached hydrogens (primary N) is 1. The Hall–Kier alpha value is -1.43. The number of nitrogens with zero attached hydrogens (tertiary/aromatic N) is 2. The lowest BCUT2D eigenvalue weighted by Gasteiger charge is -2.36. The summed E-state index contributed by atoms with van der Waals surface area (Å²) in [5, 5.41) is 0. The van der Waals surface area contributed by atoms with Crippen LogP contribution >= 0.6 is 0 Å². The maximum Gasteiger partial charge on any atom is 0.244 e. The number of hydrogen-bond donors (Lipinski definition) is 1. The molecule has 126 valence electrons. The Morgan fingerprint density at radius 3 is 2.57 bits per heavy atom. The standard InChI is InChI=1S/C18H27N3O2/c1-14-2-4-16(5-3-14)17(19)18(22)21-9-7-20(8-10-21)12-15-6-11-23-13-15/h2-5,15,17H,6-13,19H2,1H3. The lowest BCUT2D eigenvalue weighted by Crippen LogP contribution is -2.51. The van der Waals surface area contributed by atoms with Crippen LogP contribution in [0.2, 0.25) is 0 Å². The van der Waals surface area contributed by atoms with E-state index in [1.807, 2.05) is 36.1 Å². The Morgan fingerprint density at radius 1 is 1.26 bits per heavy atom. The molecule has 1 aromatic rings. The molecule has 2 atom stereocenters. The SMILES string of the molecule is Cc1ccc(C(N)C(=O)N2CCN(CC3CCOC3)CC2)cc1. The van der Waals surface area contributed by atoms with Crippen LogP contribution in [-0.4, -0.2) is 61.6 Å². The monoisotopic (exact) mass is 317 g/mol. The van der Waals surface area contributed by atoms with E-state index >= 15 is 0 Å². The van der Waals surface area contributed by atoms with Crippen molar-refractivity contribution in [1.29, 1.82) is 0 Å². The number of carbonyl (C=O) groups excluding carboxylic acids is 1. The van der Waals surface area contributed by atoms with Crippen molar-refractivity contribution in [2.24, 2.45) is 11.7 Å². The summed E-state index contributed by atoms with van der Waals surface area (Å²) < 4.78 is 5.44. The van der Waals surface area contributed by atoms with E-state index < -0.39 is 6.04 Å². The van der Waals surface area contributed by atoms with Crippen molar-refractivity contribution in [3.8, 4) is 0 Å². The fourth-order valence-electron chi connectivity index (χ4n) is 3.36. The Bertz CT molecular complexity index is 518. The Balaban J connectivity index is 1.50. The van der Waals surface area contributed by atoms with E-state index in [1.165, 1.54) is 5.56 Å². The van der Waals surface area contributed by atoms with E-state index in [2.05, 4.69) is 4.90 Å². The zero-order chi connectivity index (χ0) is 16.2. The molecule has 2 aliphatic rings. The lowest BCUT2D eigenvalue weighted by atomic mass is 10.0. The summed E-state index contributed by atoms with van der Waals surface area (Å²) in [6.07, 6.45) is 1.16. The van der Waals surface area contributed by atoms with E-state index in [0.717, 1.165) is 57.9 Å². The number of benzene rings is 1. The van der Waals surface area contributed by atoms with Gasteiger partial charge >= 0.3 is 0 Å². The molecule has 1 aromatic carbocycles. The van der Waals surface area contributed by atoms with E-state index in [9.17, 15) is 4.79 Å². The molecule has 3 rings (SSSR count). The molecule has 2 aliphatic heterocycles. The van der Waals surface area contributed by atoms with Crippen molar-refractivity contribution < 1.29 is 9.53 Å². The molecule has 0 bridgehead atoms. The minimum atomic E-state index is -0.551. The zero-order valence-electron chi connectivity index (χ0n) is 13.9. The third-order valence-electron chi connectivity index (χ3n) is 4.93. The molecular weight excluding hydrogens is 290 g/mol. The summed E-state index contributed by atoms with van der Waals surface area (Å²) in [5.41, 5.74) is 8.24. The minimum Gasteiger partial charge on any atom is -0.381 e. The van der Waals surface area contributed by atoms with E-state index in [-0.39, 0.29) is 5.91 Å². The average Bonchev–Trinajstić information content (AvgIpc) is 3.08. The van der Waals surface area contributed by atoms with Crippen molar-refractivity contribution in [1.82, 2.24) is 9.80 Å². The predicted molar refractivity (Wildman–Crippen MR) is 90.1 cm³/mol. The van der Waals surface area contributed by atoms with Crippen molar-refractivity contribution in [2.45, 2.75) is 19.4 Å². The number of hydrogen-bond acceptors (Lipinski definition) is 4. The van der Waals surface area contributed by atoms with Crippen LogP contribution in [-0.2, 0) is 9.53 Å². The predicted octanol–water partition coefficient (Wildman–Crippen LogP) is 1.18. The number of amides is 1. The summed E-state index contributed by atoms with van der Waals surface area (Å²) in [5.74, 6) is 0.699. The van der Waals surface area contributed by atoms with Crippen LogP contribution in [0.5, 0.6) is 0 Å². The van der Waals surface area contributed by atoms with Crippen molar-refractivity contribution >= 4 is 5.91 Å². The van der Waals surface area contributed by atoms with Gasteiger partial charge in [0.05, 0.1) is 6.61 Å². The fraction of sp³-hybridized carbons (Fsp3) is 0.611. The smallest absolute Gasteiger partial charge is 0.244 e. The molecule has 2 unspecified atom stereocenters. The number of carbonyl (C=O) groups is 1. The van der Waals surface area contributed by atoms with Gasteiger partial charge in [0.15, 0.2) is 0 Å². The topological polar surface area (TPSA) is 58.8 Å². The van der Waals surface area contributed by atoms with Crippen LogP contribution in [0, 0.1) is 12.8 Å². The van der Waals surface area contributed by atoms with Crippen molar-refractivity contribution in [3.63, 3.8) is 0 Å². The molecule has 0 spiro atoms. The normalized spacial score (nSPS) is 23.9. The minimum absolute atomic E-state index is 0.0395. The molecule has 1 amide bonds. The second-order valence-corrected chi connectivity index (χ2v) is 6.74. The van der Waals surface area contributed by atoms with Gasteiger partial charge in [-0.2, -0.15) is 0 Å². The summed E-state index contributed by atoms with van der Waals surface area (Å²) >= 11 is 0. The molecule has 2 fully saturated rings. The van der Waals surface area contributed by atoms with Crippen LogP contribution in [0.4, 0.5) is 0 Å². The molecule has 2 N–H and O–H groups in total. The second kappa shape index (κ2) is 7.43. The van der Waals surface area contributed by atoms with Gasteiger partial charge in [0.1, 0.15) is 6.04 Å². The number of ether oxygens (including phenoxy) is 1. The van der Waals surface area contributed by atoms with E-state index in [0.29, 0.717) is 5.92 Å². The molecule has 5 nitrogen and oxygen atoms in total. The molecule has 5 heteroatoms. The maximum absolute atomic E-state index is 12.6. The van der Waals surface area contributed by atoms with Gasteiger partial charge in [0.2, 0.25) is 5.91 Å². The van der Waals surface area contributed by atoms with E-state index in [1.54, 1.807) is 0 Å². The quantitative estimate of drug-likeness (QED) is 0.906. The fourth-order valence-corrected chi connectivity index (χ4v) is 3.36. The lowest BCUT2D eigenvalue weighted by molar-refractivity contribution is -0.134. The summed E-state index contributed by atoms with van der Waals surface area (Å²) in [6.45, 7) is 8.31. The van der Waals surface area contributed by atoms with E-state index in [4.69, 9.17) is 10.5 Å². The number of aryl methyl sites for hydroxylation is 1. The molecule has 2 saturated heterocycles. The van der Waals surface area contributed by atoms with Crippen molar-refractivity contribution in [2.75, 3.05) is 45.9 Å². The summed E-state index contributed by atoms with van der Waals surface area (Å²) in [6, 6.07) is 7.36. The first-order valence-electron chi connectivity index (χ1n) is 8.54. The number of rotatable bonds is 4. The largest absolute Gasteiger partial charge is 0.381 e. The summed E-state index contributed by atoms with van der Waals surface area (Å²) in [7, 11) is 0. The highest BCUT2D eigenvalue weighted by atomic mass is 16.5. The van der Waals surface area contributed by atoms with Crippen LogP contribution in [0.1, 0.15) is 23.6 Å². The third kappa shape index (κ3) is 4.10. The van der Waals surface area contributed by atoms with Crippen LogP contribution in [0.3, 0.4) is 0 Å². The number of piperazine rings is 1. The highest BCUT2D eigenvalue weighted by Gasteiger charge is 2.27.